The van der Waals surface area contributed by atoms with Gasteiger partial charge in [0.1, 0.15) is 5.78 Å². The van der Waals surface area contributed by atoms with Crippen molar-refractivity contribution in [1.82, 2.24) is 15.2 Å². The third-order valence-electron chi connectivity index (χ3n) is 4.29. The van der Waals surface area contributed by atoms with Crippen LogP contribution in [0.2, 0.25) is 0 Å². The van der Waals surface area contributed by atoms with Gasteiger partial charge in [-0.25, -0.2) is 13.9 Å². The smallest absolute Gasteiger partial charge is 0.246 e. The van der Waals surface area contributed by atoms with Crippen molar-refractivity contribution in [3.05, 3.63) is 35.4 Å². The number of piperidine rings is 1. The number of aromatic nitrogens is 3. The van der Waals surface area contributed by atoms with Gasteiger partial charge >= 0.3 is 0 Å². The molecule has 3 N–H and O–H groups in total. The lowest BCUT2D eigenvalue weighted by molar-refractivity contribution is -0.119. The first-order chi connectivity index (χ1) is 11.5. The summed E-state index contributed by atoms with van der Waals surface area (Å²) in [5.41, 5.74) is 6.03. The van der Waals surface area contributed by atoms with Gasteiger partial charge in [-0.2, -0.15) is 4.98 Å². The largest absolute Gasteiger partial charge is 0.368 e. The van der Waals surface area contributed by atoms with Crippen LogP contribution in [-0.4, -0.2) is 34.1 Å². The number of carbonyl (C=O) groups is 1. The maximum Gasteiger partial charge on any atom is 0.246 e. The topological polar surface area (TPSA) is 87.9 Å². The van der Waals surface area contributed by atoms with Crippen molar-refractivity contribution in [2.75, 3.05) is 23.7 Å². The minimum absolute atomic E-state index is 0.0431. The molecule has 6 nitrogen and oxygen atoms in total. The van der Waals surface area contributed by atoms with E-state index in [0.29, 0.717) is 17.9 Å². The van der Waals surface area contributed by atoms with Crippen LogP contribution in [0.25, 0.3) is 0 Å². The van der Waals surface area contributed by atoms with Gasteiger partial charge < -0.3 is 10.6 Å². The van der Waals surface area contributed by atoms with Crippen molar-refractivity contribution in [3.8, 4) is 0 Å². The first-order valence-electron chi connectivity index (χ1n) is 7.89. The van der Waals surface area contributed by atoms with Gasteiger partial charge in [0, 0.05) is 25.9 Å². The molecule has 3 rings (SSSR count). The lowest BCUT2D eigenvalue weighted by atomic mass is 9.90. The molecule has 0 radical (unpaired) electrons. The molecule has 0 spiro atoms. The summed E-state index contributed by atoms with van der Waals surface area (Å²) in [6.07, 6.45) is 2.30. The molecule has 1 aromatic carbocycles. The molecule has 128 valence electrons. The Morgan fingerprint density at radius 2 is 2.04 bits per heavy atom. The van der Waals surface area contributed by atoms with Crippen molar-refractivity contribution in [2.45, 2.75) is 25.7 Å². The van der Waals surface area contributed by atoms with Crippen LogP contribution in [0.3, 0.4) is 0 Å². The number of carbonyl (C=O) groups excluding carboxylic acids is 1. The number of nitrogens with two attached hydrogens (primary N) is 1. The number of nitrogen functional groups attached to an aromatic ring is 1. The molecule has 0 bridgehead atoms. The predicted octanol–water partition coefficient (Wildman–Crippen LogP) is 2.08. The molecule has 0 amide bonds. The van der Waals surface area contributed by atoms with E-state index >= 15 is 0 Å². The Morgan fingerprint density at radius 3 is 2.67 bits per heavy atom. The Hall–Kier alpha value is -2.51. The number of aromatic amines is 1. The van der Waals surface area contributed by atoms with Gasteiger partial charge in [0.05, 0.1) is 0 Å². The van der Waals surface area contributed by atoms with Crippen molar-refractivity contribution in [2.24, 2.45) is 5.92 Å². The normalized spacial score (nSPS) is 15.7. The minimum atomic E-state index is -0.917. The summed E-state index contributed by atoms with van der Waals surface area (Å²) in [5, 5.41) is 6.64. The number of ketones is 1. The standard InChI is InChI=1S/C16H19F2N5O/c17-13-2-1-11(9-14(13)18)8-12(24)7-10-3-5-23(6-4-10)16-20-15(19)21-22-16/h1-2,9-10H,3-8H2,(H3,19,20,21,22). The number of nitrogens with zero attached hydrogens (tertiary/aromatic N) is 3. The zero-order chi connectivity index (χ0) is 17.1. The highest BCUT2D eigenvalue weighted by Gasteiger charge is 2.23. The summed E-state index contributed by atoms with van der Waals surface area (Å²) in [6.45, 7) is 1.53. The summed E-state index contributed by atoms with van der Waals surface area (Å²) < 4.78 is 26.1. The van der Waals surface area contributed by atoms with Crippen molar-refractivity contribution in [3.63, 3.8) is 0 Å². The van der Waals surface area contributed by atoms with Gasteiger partial charge in [-0.1, -0.05) is 6.07 Å². The Morgan fingerprint density at radius 1 is 1.29 bits per heavy atom. The lowest BCUT2D eigenvalue weighted by Gasteiger charge is -2.30. The van der Waals surface area contributed by atoms with E-state index in [0.717, 1.165) is 38.1 Å². The number of anilines is 2. The Bertz CT molecular complexity index is 725. The maximum absolute atomic E-state index is 13.2. The monoisotopic (exact) mass is 335 g/mol. The van der Waals surface area contributed by atoms with Crippen LogP contribution in [0.15, 0.2) is 18.2 Å². The molecule has 2 aromatic rings. The fraction of sp³-hybridized carbons (Fsp3) is 0.438. The number of nitrogens with one attached hydrogen (secondary N) is 1. The zero-order valence-electron chi connectivity index (χ0n) is 13.1. The molecule has 1 saturated heterocycles. The van der Waals surface area contributed by atoms with E-state index in [-0.39, 0.29) is 24.1 Å². The van der Waals surface area contributed by atoms with E-state index in [1.165, 1.54) is 6.07 Å². The highest BCUT2D eigenvalue weighted by atomic mass is 19.2. The average Bonchev–Trinajstić information content (AvgIpc) is 2.98. The molecular formula is C16H19F2N5O. The Kier molecular flexibility index (Phi) is 4.73. The summed E-state index contributed by atoms with van der Waals surface area (Å²) in [5.74, 6) is -0.615. The summed E-state index contributed by atoms with van der Waals surface area (Å²) >= 11 is 0. The SMILES string of the molecule is Nc1nc(N2CCC(CC(=O)Cc3ccc(F)c(F)c3)CC2)n[nH]1. The van der Waals surface area contributed by atoms with Crippen molar-refractivity contribution < 1.29 is 13.6 Å². The number of hydrogen-bond acceptors (Lipinski definition) is 5. The molecule has 1 aliphatic rings. The second-order valence-corrected chi connectivity index (χ2v) is 6.12. The van der Waals surface area contributed by atoms with Gasteiger partial charge in [0.25, 0.3) is 0 Å². The van der Waals surface area contributed by atoms with Gasteiger partial charge in [0.15, 0.2) is 11.6 Å². The maximum atomic E-state index is 13.2. The number of H-pyrrole nitrogens is 1. The molecule has 1 aromatic heterocycles. The van der Waals surface area contributed by atoms with Gasteiger partial charge in [-0.3, -0.25) is 4.79 Å². The summed E-state index contributed by atoms with van der Waals surface area (Å²) in [6, 6.07) is 3.59. The highest BCUT2D eigenvalue weighted by Crippen LogP contribution is 2.24. The quantitative estimate of drug-likeness (QED) is 0.873. The lowest BCUT2D eigenvalue weighted by Crippen LogP contribution is -2.35. The van der Waals surface area contributed by atoms with Crippen LogP contribution in [0.1, 0.15) is 24.8 Å². The summed E-state index contributed by atoms with van der Waals surface area (Å²) in [4.78, 5) is 18.3. The fourth-order valence-corrected chi connectivity index (χ4v) is 3.01. The first kappa shape index (κ1) is 16.4. The van der Waals surface area contributed by atoms with Gasteiger partial charge in [-0.15, -0.1) is 5.10 Å². The third kappa shape index (κ3) is 3.87. The number of rotatable bonds is 5. The molecule has 0 saturated carbocycles. The third-order valence-corrected chi connectivity index (χ3v) is 4.29. The Labute approximate surface area is 138 Å². The number of hydrogen-bond donors (Lipinski definition) is 2. The average molecular weight is 335 g/mol. The second kappa shape index (κ2) is 6.94. The fourth-order valence-electron chi connectivity index (χ4n) is 3.01. The highest BCUT2D eigenvalue weighted by molar-refractivity contribution is 5.81. The minimum Gasteiger partial charge on any atom is -0.368 e. The number of benzene rings is 1. The molecule has 1 aliphatic heterocycles. The van der Waals surface area contributed by atoms with Crippen molar-refractivity contribution >= 4 is 17.7 Å². The number of Topliss-reactive ketones (excluding diaryl/α,β-unsaturated/α-hetero) is 1. The van der Waals surface area contributed by atoms with Gasteiger partial charge in [0.2, 0.25) is 11.9 Å². The molecule has 2 heterocycles. The number of halogens is 2. The van der Waals surface area contributed by atoms with Crippen LogP contribution < -0.4 is 10.6 Å². The van der Waals surface area contributed by atoms with Crippen LogP contribution in [0, 0.1) is 17.6 Å². The molecule has 0 aliphatic carbocycles. The van der Waals surface area contributed by atoms with E-state index in [9.17, 15) is 13.6 Å². The summed E-state index contributed by atoms with van der Waals surface area (Å²) in [7, 11) is 0. The molecule has 0 atom stereocenters. The zero-order valence-corrected chi connectivity index (χ0v) is 13.1. The molecule has 8 heteroatoms. The molecule has 24 heavy (non-hydrogen) atoms. The molecule has 0 unspecified atom stereocenters. The predicted molar refractivity (Wildman–Crippen MR) is 85.4 cm³/mol. The van der Waals surface area contributed by atoms with Gasteiger partial charge in [-0.05, 0) is 36.5 Å². The van der Waals surface area contributed by atoms with Crippen LogP contribution in [-0.2, 0) is 11.2 Å². The van der Waals surface area contributed by atoms with E-state index in [1.54, 1.807) is 0 Å². The second-order valence-electron chi connectivity index (χ2n) is 6.12. The van der Waals surface area contributed by atoms with Crippen molar-refractivity contribution in [1.29, 1.82) is 0 Å². The van der Waals surface area contributed by atoms with Crippen LogP contribution in [0.5, 0.6) is 0 Å². The van der Waals surface area contributed by atoms with E-state index in [4.69, 9.17) is 5.73 Å². The first-order valence-corrected chi connectivity index (χ1v) is 7.89. The van der Waals surface area contributed by atoms with E-state index in [2.05, 4.69) is 15.2 Å². The van der Waals surface area contributed by atoms with Crippen LogP contribution in [0.4, 0.5) is 20.7 Å². The Balaban J connectivity index is 1.48. The van der Waals surface area contributed by atoms with Crippen LogP contribution >= 0.6 is 0 Å². The van der Waals surface area contributed by atoms with E-state index in [1.807, 2.05) is 4.90 Å². The molecular weight excluding hydrogens is 316 g/mol. The molecule has 1 fully saturated rings. The van der Waals surface area contributed by atoms with E-state index < -0.39 is 11.6 Å².